The molecule has 27 heavy (non-hydrogen) atoms. The van der Waals surface area contributed by atoms with E-state index in [0.29, 0.717) is 17.0 Å². The normalized spacial score (nSPS) is 10.1. The Morgan fingerprint density at radius 2 is 1.78 bits per heavy atom. The minimum absolute atomic E-state index is 0.0519. The van der Waals surface area contributed by atoms with Crippen LogP contribution < -0.4 is 14.8 Å². The number of pyridine rings is 1. The van der Waals surface area contributed by atoms with Gasteiger partial charge in [-0.2, -0.15) is 4.39 Å². The van der Waals surface area contributed by atoms with Crippen molar-refractivity contribution < 1.29 is 23.5 Å². The molecule has 0 spiro atoms. The maximum absolute atomic E-state index is 13.1. The summed E-state index contributed by atoms with van der Waals surface area (Å²) in [6.07, 6.45) is 1.18. The summed E-state index contributed by atoms with van der Waals surface area (Å²) in [7, 11) is 1.49. The van der Waals surface area contributed by atoms with Crippen LogP contribution in [0.5, 0.6) is 11.5 Å². The Morgan fingerprint density at radius 1 is 1.04 bits per heavy atom. The van der Waals surface area contributed by atoms with Crippen LogP contribution in [0.3, 0.4) is 0 Å². The number of aromatic nitrogens is 1. The van der Waals surface area contributed by atoms with Crippen molar-refractivity contribution in [3.8, 4) is 11.5 Å². The number of amides is 1. The third kappa shape index (κ3) is 4.46. The Labute approximate surface area is 154 Å². The van der Waals surface area contributed by atoms with Gasteiger partial charge < -0.3 is 14.8 Å². The minimum Gasteiger partial charge on any atom is -0.496 e. The monoisotopic (exact) mass is 366 g/mol. The van der Waals surface area contributed by atoms with Crippen LogP contribution in [0.25, 0.3) is 0 Å². The maximum Gasteiger partial charge on any atom is 0.343 e. The average molecular weight is 366 g/mol. The van der Waals surface area contributed by atoms with Gasteiger partial charge in [0.05, 0.1) is 18.2 Å². The van der Waals surface area contributed by atoms with E-state index in [1.807, 2.05) is 0 Å². The highest BCUT2D eigenvalue weighted by Crippen LogP contribution is 2.21. The highest BCUT2D eigenvalue weighted by atomic mass is 19.1. The predicted molar refractivity (Wildman–Crippen MR) is 96.5 cm³/mol. The lowest BCUT2D eigenvalue weighted by Gasteiger charge is -2.10. The molecule has 0 saturated carbocycles. The molecule has 0 aliphatic rings. The van der Waals surface area contributed by atoms with E-state index in [1.54, 1.807) is 36.4 Å². The molecule has 1 heterocycles. The van der Waals surface area contributed by atoms with E-state index in [9.17, 15) is 14.0 Å². The van der Waals surface area contributed by atoms with Crippen LogP contribution in [0, 0.1) is 5.95 Å². The summed E-state index contributed by atoms with van der Waals surface area (Å²) in [5.41, 5.74) is 0.965. The van der Waals surface area contributed by atoms with Gasteiger partial charge in [-0.3, -0.25) is 4.79 Å². The largest absolute Gasteiger partial charge is 0.496 e. The van der Waals surface area contributed by atoms with Crippen molar-refractivity contribution >= 4 is 17.6 Å². The topological polar surface area (TPSA) is 77.5 Å². The van der Waals surface area contributed by atoms with Crippen molar-refractivity contribution in [1.29, 1.82) is 0 Å². The number of para-hydroxylation sites is 1. The number of carbonyl (C=O) groups excluding carboxylic acids is 2. The van der Waals surface area contributed by atoms with Crippen LogP contribution >= 0.6 is 0 Å². The molecular formula is C20H15FN2O4. The molecule has 1 N–H and O–H groups in total. The summed E-state index contributed by atoms with van der Waals surface area (Å²) in [6.45, 7) is 0. The predicted octanol–water partition coefficient (Wildman–Crippen LogP) is 3.70. The number of nitrogens with one attached hydrogen (secondary N) is 1. The van der Waals surface area contributed by atoms with E-state index < -0.39 is 11.9 Å². The van der Waals surface area contributed by atoms with Crippen molar-refractivity contribution in [2.24, 2.45) is 0 Å². The molecule has 0 aliphatic heterocycles. The second-order valence-electron chi connectivity index (χ2n) is 5.44. The Bertz CT molecular complexity index is 974. The second-order valence-corrected chi connectivity index (χ2v) is 5.44. The number of benzene rings is 2. The van der Waals surface area contributed by atoms with E-state index in [4.69, 9.17) is 9.47 Å². The van der Waals surface area contributed by atoms with E-state index in [2.05, 4.69) is 10.3 Å². The number of rotatable bonds is 5. The molecule has 0 radical (unpaired) electrons. The van der Waals surface area contributed by atoms with Crippen molar-refractivity contribution in [3.05, 3.63) is 83.9 Å². The van der Waals surface area contributed by atoms with Gasteiger partial charge in [-0.05, 0) is 42.5 Å². The Morgan fingerprint density at radius 3 is 2.48 bits per heavy atom. The summed E-state index contributed by atoms with van der Waals surface area (Å²) < 4.78 is 23.4. The summed E-state index contributed by atoms with van der Waals surface area (Å²) >= 11 is 0. The number of hydrogen-bond donors (Lipinski definition) is 1. The van der Waals surface area contributed by atoms with E-state index >= 15 is 0 Å². The van der Waals surface area contributed by atoms with E-state index in [-0.39, 0.29) is 17.2 Å². The summed E-state index contributed by atoms with van der Waals surface area (Å²) in [5, 5.41) is 2.74. The second kappa shape index (κ2) is 8.09. The molecule has 0 bridgehead atoms. The Kier molecular flexibility index (Phi) is 5.41. The quantitative estimate of drug-likeness (QED) is 0.423. The van der Waals surface area contributed by atoms with Crippen LogP contribution in [0.2, 0.25) is 0 Å². The number of methoxy groups -OCH3 is 1. The van der Waals surface area contributed by atoms with Crippen molar-refractivity contribution in [2.45, 2.75) is 0 Å². The van der Waals surface area contributed by atoms with Gasteiger partial charge in [0.25, 0.3) is 5.91 Å². The number of esters is 1. The number of ether oxygens (including phenoxy) is 2. The van der Waals surface area contributed by atoms with Gasteiger partial charge in [-0.15, -0.1) is 0 Å². The first-order valence-corrected chi connectivity index (χ1v) is 7.95. The third-order valence-electron chi connectivity index (χ3n) is 3.64. The smallest absolute Gasteiger partial charge is 0.343 e. The Balaban J connectivity index is 1.67. The number of nitrogens with zero attached hydrogens (tertiary/aromatic N) is 1. The fraction of sp³-hybridized carbons (Fsp3) is 0.0500. The lowest BCUT2D eigenvalue weighted by molar-refractivity contribution is 0.0733. The minimum atomic E-state index is -0.765. The molecule has 136 valence electrons. The van der Waals surface area contributed by atoms with Gasteiger partial charge in [-0.1, -0.05) is 12.1 Å². The van der Waals surface area contributed by atoms with Gasteiger partial charge in [-0.25, -0.2) is 9.78 Å². The van der Waals surface area contributed by atoms with Crippen molar-refractivity contribution in [2.75, 3.05) is 12.4 Å². The van der Waals surface area contributed by atoms with Crippen molar-refractivity contribution in [3.63, 3.8) is 0 Å². The summed E-state index contributed by atoms with van der Waals surface area (Å²) in [5.74, 6) is -1.08. The van der Waals surface area contributed by atoms with Gasteiger partial charge >= 0.3 is 5.97 Å². The number of hydrogen-bond acceptors (Lipinski definition) is 5. The zero-order valence-corrected chi connectivity index (χ0v) is 14.3. The lowest BCUT2D eigenvalue weighted by Crippen LogP contribution is -2.13. The molecule has 0 atom stereocenters. The zero-order valence-electron chi connectivity index (χ0n) is 14.3. The number of halogens is 1. The van der Waals surface area contributed by atoms with Crippen LogP contribution in [-0.4, -0.2) is 24.0 Å². The van der Waals surface area contributed by atoms with Crippen LogP contribution in [0.1, 0.15) is 20.7 Å². The average Bonchev–Trinajstić information content (AvgIpc) is 2.69. The Hall–Kier alpha value is -3.74. The first-order chi connectivity index (χ1) is 13.1. The number of carbonyl (C=O) groups is 2. The summed E-state index contributed by atoms with van der Waals surface area (Å²) in [4.78, 5) is 27.7. The molecule has 0 unspecified atom stereocenters. The maximum atomic E-state index is 13.1. The molecule has 0 fully saturated rings. The standard InChI is InChI=1S/C20H15FN2O4/c1-26-17-5-3-2-4-16(17)19(24)23-14-6-8-15(9-7-14)27-20(25)13-10-11-22-18(21)12-13/h2-12H,1H3,(H,23,24). The molecule has 3 aromatic rings. The van der Waals surface area contributed by atoms with Crippen molar-refractivity contribution in [1.82, 2.24) is 4.98 Å². The molecular weight excluding hydrogens is 351 g/mol. The van der Waals surface area contributed by atoms with Crippen LogP contribution in [-0.2, 0) is 0 Å². The fourth-order valence-corrected chi connectivity index (χ4v) is 2.33. The first-order valence-electron chi connectivity index (χ1n) is 7.95. The van der Waals surface area contributed by atoms with Crippen LogP contribution in [0.4, 0.5) is 10.1 Å². The lowest BCUT2D eigenvalue weighted by atomic mass is 10.2. The molecule has 7 heteroatoms. The zero-order chi connectivity index (χ0) is 19.2. The summed E-state index contributed by atoms with van der Waals surface area (Å²) in [6, 6.07) is 15.4. The SMILES string of the molecule is COc1ccccc1C(=O)Nc1ccc(OC(=O)c2ccnc(F)c2)cc1. The molecule has 2 aromatic carbocycles. The molecule has 0 aliphatic carbocycles. The highest BCUT2D eigenvalue weighted by molar-refractivity contribution is 6.06. The molecule has 1 amide bonds. The first kappa shape index (κ1) is 18.1. The van der Waals surface area contributed by atoms with Gasteiger partial charge in [0, 0.05) is 18.0 Å². The molecule has 6 nitrogen and oxygen atoms in total. The van der Waals surface area contributed by atoms with E-state index in [0.717, 1.165) is 6.07 Å². The third-order valence-corrected chi connectivity index (χ3v) is 3.64. The van der Waals surface area contributed by atoms with Gasteiger partial charge in [0.15, 0.2) is 0 Å². The van der Waals surface area contributed by atoms with E-state index in [1.165, 1.54) is 31.5 Å². The van der Waals surface area contributed by atoms with Gasteiger partial charge in [0.2, 0.25) is 5.95 Å². The molecule has 3 rings (SSSR count). The van der Waals surface area contributed by atoms with Crippen LogP contribution in [0.15, 0.2) is 66.9 Å². The fourth-order valence-electron chi connectivity index (χ4n) is 2.33. The van der Waals surface area contributed by atoms with Gasteiger partial charge in [0.1, 0.15) is 11.5 Å². The highest BCUT2D eigenvalue weighted by Gasteiger charge is 2.13. The molecule has 0 saturated heterocycles. The molecule has 1 aromatic heterocycles. The number of anilines is 1.